The van der Waals surface area contributed by atoms with Gasteiger partial charge in [0, 0.05) is 29.2 Å². The van der Waals surface area contributed by atoms with E-state index in [0.29, 0.717) is 29.6 Å². The van der Waals surface area contributed by atoms with Crippen molar-refractivity contribution in [1.82, 2.24) is 15.5 Å². The third-order valence-electron chi connectivity index (χ3n) is 8.91. The molecule has 0 radical (unpaired) electrons. The molecule has 3 heterocycles. The number of piperidine rings is 1. The first-order valence-corrected chi connectivity index (χ1v) is 14.9. The van der Waals surface area contributed by atoms with Crippen LogP contribution in [0.4, 0.5) is 10.1 Å². The molecule has 2 fully saturated rings. The number of hydrogen-bond acceptors (Lipinski definition) is 4. The molecule has 1 spiro atoms. The van der Waals surface area contributed by atoms with Crippen molar-refractivity contribution < 1.29 is 14.0 Å². The molecule has 0 bridgehead atoms. The van der Waals surface area contributed by atoms with E-state index in [-0.39, 0.29) is 27.8 Å². The summed E-state index contributed by atoms with van der Waals surface area (Å²) in [6.45, 7) is 8.96. The van der Waals surface area contributed by atoms with Gasteiger partial charge in [0.2, 0.25) is 11.8 Å². The van der Waals surface area contributed by atoms with Crippen molar-refractivity contribution in [2.24, 2.45) is 11.3 Å². The van der Waals surface area contributed by atoms with Crippen LogP contribution >= 0.6 is 23.2 Å². The molecule has 2 aromatic rings. The second-order valence-corrected chi connectivity index (χ2v) is 13.8. The molecule has 4 atom stereocenters. The van der Waals surface area contributed by atoms with Crippen molar-refractivity contribution in [1.29, 1.82) is 0 Å². The summed E-state index contributed by atoms with van der Waals surface area (Å²) in [6, 6.07) is 8.83. The second-order valence-electron chi connectivity index (χ2n) is 12.9. The number of nitrogens with one attached hydrogen (secondary N) is 3. The third kappa shape index (κ3) is 5.38. The van der Waals surface area contributed by atoms with Crippen molar-refractivity contribution >= 4 is 40.7 Å². The van der Waals surface area contributed by atoms with Crippen molar-refractivity contribution in [2.45, 2.75) is 69.9 Å². The molecular weight excluding hydrogens is 550 g/mol. The van der Waals surface area contributed by atoms with Crippen LogP contribution in [-0.4, -0.2) is 55.5 Å². The quantitative estimate of drug-likeness (QED) is 0.403. The van der Waals surface area contributed by atoms with Crippen LogP contribution in [0.3, 0.4) is 0 Å². The number of hydrogen-bond donors (Lipinski definition) is 3. The Morgan fingerprint density at radius 1 is 1.18 bits per heavy atom. The van der Waals surface area contributed by atoms with Crippen LogP contribution in [0.2, 0.25) is 10.0 Å². The first kappa shape index (κ1) is 29.3. The fourth-order valence-corrected chi connectivity index (χ4v) is 7.37. The van der Waals surface area contributed by atoms with E-state index < -0.39 is 29.2 Å². The highest BCUT2D eigenvalue weighted by Crippen LogP contribution is 2.57. The van der Waals surface area contributed by atoms with Crippen LogP contribution in [0.1, 0.15) is 63.5 Å². The summed E-state index contributed by atoms with van der Waals surface area (Å²) in [6.07, 6.45) is 3.70. The van der Waals surface area contributed by atoms with Crippen molar-refractivity contribution in [3.05, 3.63) is 63.4 Å². The van der Waals surface area contributed by atoms with E-state index in [0.717, 1.165) is 37.9 Å². The molecule has 0 aliphatic carbocycles. The average Bonchev–Trinajstić information content (AvgIpc) is 3.35. The minimum Gasteiger partial charge on any atom is -0.355 e. The lowest BCUT2D eigenvalue weighted by Gasteiger charge is -2.37. The molecule has 9 heteroatoms. The number of anilines is 1. The Kier molecular flexibility index (Phi) is 8.23. The van der Waals surface area contributed by atoms with E-state index >= 15 is 4.39 Å². The van der Waals surface area contributed by atoms with E-state index in [4.69, 9.17) is 23.2 Å². The van der Waals surface area contributed by atoms with E-state index in [1.54, 1.807) is 24.3 Å². The van der Waals surface area contributed by atoms with Gasteiger partial charge in [-0.2, -0.15) is 0 Å². The lowest BCUT2D eigenvalue weighted by molar-refractivity contribution is -0.123. The van der Waals surface area contributed by atoms with E-state index in [1.807, 2.05) is 6.07 Å². The number of benzene rings is 2. The molecule has 3 aliphatic heterocycles. The molecular formula is C31H39Cl2FN4O2. The molecule has 2 saturated heterocycles. The topological polar surface area (TPSA) is 73.5 Å². The van der Waals surface area contributed by atoms with Gasteiger partial charge in [0.15, 0.2) is 0 Å². The van der Waals surface area contributed by atoms with Crippen LogP contribution in [0.15, 0.2) is 36.4 Å². The maximum absolute atomic E-state index is 15.8. The Morgan fingerprint density at radius 3 is 2.60 bits per heavy atom. The van der Waals surface area contributed by atoms with Crippen molar-refractivity contribution in [2.75, 3.05) is 32.0 Å². The van der Waals surface area contributed by atoms with Gasteiger partial charge in [0.1, 0.15) is 11.2 Å². The third-order valence-corrected chi connectivity index (χ3v) is 9.44. The van der Waals surface area contributed by atoms with E-state index in [9.17, 15) is 9.59 Å². The standard InChI is InChI=1S/C31H39Cl2FN4O2/c1-30(2,3)17-24-31(21-9-8-19(32)16-23(21)36-29(31)40)25(20-6-5-7-22(33)26(20)34)27(37-24)28(39)35-13-10-18-11-14-38(4)15-12-18/h5-9,16,18,24-25,27,37H,10-15,17H2,1-4H3,(H,35,39)(H,36,40)/t24-,25+,27-,31+/m1/s1. The monoisotopic (exact) mass is 588 g/mol. The van der Waals surface area contributed by atoms with Crippen LogP contribution in [-0.2, 0) is 15.0 Å². The van der Waals surface area contributed by atoms with Gasteiger partial charge in [-0.25, -0.2) is 4.39 Å². The number of amides is 2. The van der Waals surface area contributed by atoms with Crippen LogP contribution in [0.25, 0.3) is 0 Å². The molecule has 3 N–H and O–H groups in total. The summed E-state index contributed by atoms with van der Waals surface area (Å²) in [7, 11) is 2.13. The number of carbonyl (C=O) groups excluding carboxylic acids is 2. The first-order valence-electron chi connectivity index (χ1n) is 14.2. The Morgan fingerprint density at radius 2 is 1.90 bits per heavy atom. The fraction of sp³-hybridized carbons (Fsp3) is 0.548. The normalized spacial score (nSPS) is 27.2. The molecule has 216 valence electrons. The minimum absolute atomic E-state index is 0.0388. The molecule has 6 nitrogen and oxygen atoms in total. The number of fused-ring (bicyclic) bond motifs is 2. The predicted molar refractivity (Wildman–Crippen MR) is 159 cm³/mol. The second kappa shape index (κ2) is 11.2. The zero-order valence-electron chi connectivity index (χ0n) is 23.6. The Labute approximate surface area is 246 Å². The number of rotatable bonds is 6. The lowest BCUT2D eigenvalue weighted by atomic mass is 9.62. The Bertz CT molecular complexity index is 1290. The highest BCUT2D eigenvalue weighted by Gasteiger charge is 2.66. The Balaban J connectivity index is 1.56. The van der Waals surface area contributed by atoms with Gasteiger partial charge >= 0.3 is 0 Å². The zero-order chi connectivity index (χ0) is 28.8. The molecule has 2 aromatic carbocycles. The smallest absolute Gasteiger partial charge is 0.237 e. The van der Waals surface area contributed by atoms with Gasteiger partial charge in [0.25, 0.3) is 0 Å². The summed E-state index contributed by atoms with van der Waals surface area (Å²) < 4.78 is 15.8. The van der Waals surface area contributed by atoms with Gasteiger partial charge in [-0.05, 0) is 86.5 Å². The van der Waals surface area contributed by atoms with E-state index in [2.05, 4.69) is 48.7 Å². The van der Waals surface area contributed by atoms with Crippen LogP contribution in [0, 0.1) is 17.2 Å². The zero-order valence-corrected chi connectivity index (χ0v) is 25.1. The lowest BCUT2D eigenvalue weighted by Crippen LogP contribution is -2.49. The number of nitrogens with zero attached hydrogens (tertiary/aromatic N) is 1. The summed E-state index contributed by atoms with van der Waals surface area (Å²) in [5.74, 6) is -1.37. The number of halogens is 3. The Hall–Kier alpha value is -2.19. The van der Waals surface area contributed by atoms with Gasteiger partial charge in [-0.3, -0.25) is 9.59 Å². The highest BCUT2D eigenvalue weighted by molar-refractivity contribution is 6.31. The van der Waals surface area contributed by atoms with E-state index in [1.165, 1.54) is 6.07 Å². The molecule has 0 aromatic heterocycles. The molecule has 0 saturated carbocycles. The summed E-state index contributed by atoms with van der Waals surface area (Å²) >= 11 is 12.6. The van der Waals surface area contributed by atoms with Gasteiger partial charge in [0.05, 0.1) is 11.1 Å². The van der Waals surface area contributed by atoms with Crippen molar-refractivity contribution in [3.8, 4) is 0 Å². The first-order chi connectivity index (χ1) is 18.9. The van der Waals surface area contributed by atoms with Crippen LogP contribution in [0.5, 0.6) is 0 Å². The average molecular weight is 590 g/mol. The maximum Gasteiger partial charge on any atom is 0.237 e. The molecule has 5 rings (SSSR count). The molecule has 0 unspecified atom stereocenters. The van der Waals surface area contributed by atoms with Gasteiger partial charge < -0.3 is 20.9 Å². The number of likely N-dealkylation sites (tertiary alicyclic amines) is 1. The van der Waals surface area contributed by atoms with Gasteiger partial charge in [-0.1, -0.05) is 62.2 Å². The molecule has 3 aliphatic rings. The predicted octanol–water partition coefficient (Wildman–Crippen LogP) is 5.73. The largest absolute Gasteiger partial charge is 0.355 e. The highest BCUT2D eigenvalue weighted by atomic mass is 35.5. The molecule has 2 amide bonds. The summed E-state index contributed by atoms with van der Waals surface area (Å²) in [4.78, 5) is 30.5. The van der Waals surface area contributed by atoms with Gasteiger partial charge in [-0.15, -0.1) is 0 Å². The van der Waals surface area contributed by atoms with Crippen molar-refractivity contribution in [3.63, 3.8) is 0 Å². The molecule has 40 heavy (non-hydrogen) atoms. The minimum atomic E-state index is -1.24. The maximum atomic E-state index is 15.8. The summed E-state index contributed by atoms with van der Waals surface area (Å²) in [5.41, 5.74) is 0.139. The summed E-state index contributed by atoms with van der Waals surface area (Å²) in [5, 5.41) is 10.1. The SMILES string of the molecule is CN1CCC(CCNC(=O)[C@@H]2N[C@H](CC(C)(C)C)[C@]3(C(=O)Nc4cc(Cl)ccc43)[C@H]2c2cccc(Cl)c2F)CC1. The number of carbonyl (C=O) groups is 2. The fourth-order valence-electron chi connectivity index (χ4n) is 7.01. The van der Waals surface area contributed by atoms with Crippen LogP contribution < -0.4 is 16.0 Å².